The van der Waals surface area contributed by atoms with Crippen LogP contribution in [0.25, 0.3) is 0 Å². The van der Waals surface area contributed by atoms with Gasteiger partial charge in [0.25, 0.3) is 5.91 Å². The van der Waals surface area contributed by atoms with Gasteiger partial charge in [0, 0.05) is 30.7 Å². The third kappa shape index (κ3) is 4.00. The molecular weight excluding hydrogens is 316 g/mol. The van der Waals surface area contributed by atoms with E-state index in [1.54, 1.807) is 18.5 Å². The number of nitrogens with one attached hydrogen (secondary N) is 1. The fourth-order valence-corrected chi connectivity index (χ4v) is 3.01. The van der Waals surface area contributed by atoms with Crippen molar-refractivity contribution >= 4 is 11.7 Å². The first-order valence-corrected chi connectivity index (χ1v) is 8.78. The molecular formula is C19H26N4O2. The Labute approximate surface area is 148 Å². The molecule has 2 aromatic heterocycles. The van der Waals surface area contributed by atoms with E-state index < -0.39 is 0 Å². The highest BCUT2D eigenvalue weighted by Crippen LogP contribution is 2.21. The third-order valence-corrected chi connectivity index (χ3v) is 4.55. The van der Waals surface area contributed by atoms with Crippen LogP contribution in [0.1, 0.15) is 55.6 Å². The van der Waals surface area contributed by atoms with E-state index in [9.17, 15) is 4.79 Å². The van der Waals surface area contributed by atoms with E-state index in [2.05, 4.69) is 36.1 Å². The van der Waals surface area contributed by atoms with E-state index in [4.69, 9.17) is 4.42 Å². The molecule has 1 aliphatic heterocycles. The lowest BCUT2D eigenvalue weighted by atomic mass is 9.96. The Kier molecular flexibility index (Phi) is 4.79. The summed E-state index contributed by atoms with van der Waals surface area (Å²) in [6.45, 7) is 9.61. The number of aromatic nitrogens is 2. The summed E-state index contributed by atoms with van der Waals surface area (Å²) < 4.78 is 5.24. The molecule has 0 unspecified atom stereocenters. The van der Waals surface area contributed by atoms with Gasteiger partial charge in [-0.15, -0.1) is 0 Å². The number of aryl methyl sites for hydroxylation is 1. The summed E-state index contributed by atoms with van der Waals surface area (Å²) in [4.78, 5) is 23.4. The molecule has 6 nitrogen and oxygen atoms in total. The average molecular weight is 342 g/mol. The van der Waals surface area contributed by atoms with Gasteiger partial charge in [-0.05, 0) is 31.9 Å². The Bertz CT molecular complexity index is 740. The van der Waals surface area contributed by atoms with Gasteiger partial charge in [0.05, 0.1) is 11.8 Å². The highest BCUT2D eigenvalue weighted by Gasteiger charge is 2.26. The first-order chi connectivity index (χ1) is 11.8. The molecule has 134 valence electrons. The molecule has 0 saturated carbocycles. The molecule has 1 amide bonds. The van der Waals surface area contributed by atoms with Crippen LogP contribution in [-0.2, 0) is 5.41 Å². The van der Waals surface area contributed by atoms with Crippen LogP contribution >= 0.6 is 0 Å². The number of amides is 1. The normalized spacial score (nSPS) is 16.1. The van der Waals surface area contributed by atoms with Crippen molar-refractivity contribution in [1.29, 1.82) is 0 Å². The number of likely N-dealkylation sites (tertiary alicyclic amines) is 1. The highest BCUT2D eigenvalue weighted by atomic mass is 16.3. The van der Waals surface area contributed by atoms with Crippen molar-refractivity contribution in [3.63, 3.8) is 0 Å². The topological polar surface area (TPSA) is 71.3 Å². The maximum Gasteiger partial charge on any atom is 0.257 e. The van der Waals surface area contributed by atoms with Crippen LogP contribution in [0.3, 0.4) is 0 Å². The number of hydrogen-bond acceptors (Lipinski definition) is 5. The summed E-state index contributed by atoms with van der Waals surface area (Å²) in [6, 6.07) is 3.97. The lowest BCUT2D eigenvalue weighted by Gasteiger charge is -2.32. The fraction of sp³-hybridized carbons (Fsp3) is 0.526. The van der Waals surface area contributed by atoms with Gasteiger partial charge in [-0.1, -0.05) is 20.8 Å². The maximum atomic E-state index is 12.5. The van der Waals surface area contributed by atoms with E-state index in [0.29, 0.717) is 17.4 Å². The molecule has 1 N–H and O–H groups in total. The molecule has 0 aromatic carbocycles. The monoisotopic (exact) mass is 342 g/mol. The van der Waals surface area contributed by atoms with Gasteiger partial charge in [-0.3, -0.25) is 4.79 Å². The third-order valence-electron chi connectivity index (χ3n) is 4.55. The standard InChI is InChI=1S/C19H26N4O2/c1-13-15(8-12-25-13)17(24)23-10-6-14(7-11-23)21-16-5-9-20-18(22-16)19(2,3)4/h5,8-9,12,14H,6-7,10-11H2,1-4H3,(H,20,21,22). The van der Waals surface area contributed by atoms with Gasteiger partial charge in [-0.25, -0.2) is 9.97 Å². The van der Waals surface area contributed by atoms with Crippen molar-refractivity contribution in [2.45, 2.75) is 52.0 Å². The zero-order valence-corrected chi connectivity index (χ0v) is 15.4. The van der Waals surface area contributed by atoms with Gasteiger partial charge >= 0.3 is 0 Å². The van der Waals surface area contributed by atoms with Crippen molar-refractivity contribution < 1.29 is 9.21 Å². The molecule has 0 bridgehead atoms. The highest BCUT2D eigenvalue weighted by molar-refractivity contribution is 5.95. The zero-order valence-electron chi connectivity index (χ0n) is 15.4. The Balaban J connectivity index is 1.58. The van der Waals surface area contributed by atoms with Crippen LogP contribution in [0.15, 0.2) is 29.0 Å². The Morgan fingerprint density at radius 1 is 1.28 bits per heavy atom. The van der Waals surface area contributed by atoms with Crippen LogP contribution in [0.2, 0.25) is 0 Å². The second kappa shape index (κ2) is 6.86. The van der Waals surface area contributed by atoms with Gasteiger partial charge < -0.3 is 14.6 Å². The summed E-state index contributed by atoms with van der Waals surface area (Å²) in [5, 5.41) is 3.49. The lowest BCUT2D eigenvalue weighted by Crippen LogP contribution is -2.42. The Morgan fingerprint density at radius 3 is 2.60 bits per heavy atom. The molecule has 1 aliphatic rings. The summed E-state index contributed by atoms with van der Waals surface area (Å²) in [5.74, 6) is 2.43. The largest absolute Gasteiger partial charge is 0.469 e. The van der Waals surface area contributed by atoms with E-state index in [1.807, 2.05) is 17.9 Å². The van der Waals surface area contributed by atoms with Gasteiger partial charge in [0.2, 0.25) is 0 Å². The second-order valence-corrected chi connectivity index (χ2v) is 7.62. The second-order valence-electron chi connectivity index (χ2n) is 7.62. The molecule has 3 rings (SSSR count). The Hall–Kier alpha value is -2.37. The molecule has 2 aromatic rings. The molecule has 25 heavy (non-hydrogen) atoms. The zero-order chi connectivity index (χ0) is 18.0. The van der Waals surface area contributed by atoms with E-state index in [0.717, 1.165) is 37.6 Å². The van der Waals surface area contributed by atoms with Crippen molar-refractivity contribution in [3.05, 3.63) is 41.7 Å². The summed E-state index contributed by atoms with van der Waals surface area (Å²) in [5.41, 5.74) is 0.590. The minimum atomic E-state index is -0.0735. The minimum absolute atomic E-state index is 0.0572. The van der Waals surface area contributed by atoms with Crippen LogP contribution in [0.4, 0.5) is 5.82 Å². The number of anilines is 1. The van der Waals surface area contributed by atoms with Crippen LogP contribution in [0, 0.1) is 6.92 Å². The smallest absolute Gasteiger partial charge is 0.257 e. The molecule has 0 radical (unpaired) electrons. The molecule has 0 aliphatic carbocycles. The lowest BCUT2D eigenvalue weighted by molar-refractivity contribution is 0.0716. The predicted octanol–water partition coefficient (Wildman–Crippen LogP) is 3.39. The van der Waals surface area contributed by atoms with E-state index >= 15 is 0 Å². The summed E-state index contributed by atoms with van der Waals surface area (Å²) in [6.07, 6.45) is 5.17. The molecule has 0 spiro atoms. The fourth-order valence-electron chi connectivity index (χ4n) is 3.01. The van der Waals surface area contributed by atoms with Crippen molar-refractivity contribution in [2.75, 3.05) is 18.4 Å². The molecule has 6 heteroatoms. The van der Waals surface area contributed by atoms with Crippen LogP contribution < -0.4 is 5.32 Å². The molecule has 1 fully saturated rings. The van der Waals surface area contributed by atoms with Gasteiger partial charge in [0.1, 0.15) is 17.4 Å². The van der Waals surface area contributed by atoms with Gasteiger partial charge in [-0.2, -0.15) is 0 Å². The first-order valence-electron chi connectivity index (χ1n) is 8.78. The molecule has 0 atom stereocenters. The number of furan rings is 1. The molecule has 1 saturated heterocycles. The summed E-state index contributed by atoms with van der Waals surface area (Å²) in [7, 11) is 0. The molecule has 3 heterocycles. The number of carbonyl (C=O) groups excluding carboxylic acids is 1. The predicted molar refractivity (Wildman–Crippen MR) is 96.7 cm³/mol. The van der Waals surface area contributed by atoms with Crippen LogP contribution in [0.5, 0.6) is 0 Å². The number of carbonyl (C=O) groups is 1. The van der Waals surface area contributed by atoms with E-state index in [1.165, 1.54) is 0 Å². The average Bonchev–Trinajstić information content (AvgIpc) is 3.00. The summed E-state index contributed by atoms with van der Waals surface area (Å²) >= 11 is 0. The SMILES string of the molecule is Cc1occc1C(=O)N1CCC(Nc2ccnc(C(C)(C)C)n2)CC1. The van der Waals surface area contributed by atoms with Crippen molar-refractivity contribution in [3.8, 4) is 0 Å². The number of piperidine rings is 1. The number of hydrogen-bond donors (Lipinski definition) is 1. The van der Waals surface area contributed by atoms with Crippen molar-refractivity contribution in [2.24, 2.45) is 0 Å². The quantitative estimate of drug-likeness (QED) is 0.926. The maximum absolute atomic E-state index is 12.5. The number of nitrogens with zero attached hydrogens (tertiary/aromatic N) is 3. The first kappa shape index (κ1) is 17.5. The Morgan fingerprint density at radius 2 is 2.00 bits per heavy atom. The van der Waals surface area contributed by atoms with Crippen molar-refractivity contribution in [1.82, 2.24) is 14.9 Å². The van der Waals surface area contributed by atoms with Gasteiger partial charge in [0.15, 0.2) is 0 Å². The van der Waals surface area contributed by atoms with Crippen LogP contribution in [-0.4, -0.2) is 39.9 Å². The number of rotatable bonds is 3. The van der Waals surface area contributed by atoms with E-state index in [-0.39, 0.29) is 11.3 Å². The minimum Gasteiger partial charge on any atom is -0.469 e.